The highest BCUT2D eigenvalue weighted by Crippen LogP contribution is 2.14. The molecule has 0 spiro atoms. The number of aromatic nitrogens is 2. The van der Waals surface area contributed by atoms with Crippen LogP contribution in [0, 0.1) is 6.92 Å². The molecular weight excluding hydrogens is 238 g/mol. The first kappa shape index (κ1) is 13.9. The number of aryl methyl sites for hydroxylation is 1. The number of hydrogen-bond donors (Lipinski definition) is 2. The topological polar surface area (TPSA) is 75.1 Å². The van der Waals surface area contributed by atoms with Crippen LogP contribution >= 0.6 is 11.8 Å². The van der Waals surface area contributed by atoms with Gasteiger partial charge in [0.2, 0.25) is 0 Å². The molecule has 2 N–H and O–H groups in total. The van der Waals surface area contributed by atoms with Crippen molar-refractivity contribution in [3.63, 3.8) is 0 Å². The molecule has 0 aliphatic heterocycles. The molecule has 0 aliphatic rings. The SMILES string of the molecule is Cc1ccnc(SCC(NC(C)C)C(=O)O)n1. The number of thioether (sulfide) groups is 1. The molecule has 0 saturated carbocycles. The van der Waals surface area contributed by atoms with Crippen molar-refractivity contribution in [2.75, 3.05) is 5.75 Å². The van der Waals surface area contributed by atoms with Crippen molar-refractivity contribution in [1.29, 1.82) is 0 Å². The second-order valence-electron chi connectivity index (χ2n) is 4.00. The molecule has 94 valence electrons. The van der Waals surface area contributed by atoms with E-state index in [9.17, 15) is 4.79 Å². The Morgan fingerprint density at radius 2 is 2.29 bits per heavy atom. The lowest BCUT2D eigenvalue weighted by molar-refractivity contribution is -0.139. The lowest BCUT2D eigenvalue weighted by Crippen LogP contribution is -2.42. The molecule has 0 radical (unpaired) electrons. The van der Waals surface area contributed by atoms with Crippen molar-refractivity contribution in [3.8, 4) is 0 Å². The quantitative estimate of drug-likeness (QED) is 0.590. The van der Waals surface area contributed by atoms with Gasteiger partial charge in [0, 0.05) is 23.7 Å². The van der Waals surface area contributed by atoms with E-state index >= 15 is 0 Å². The fourth-order valence-electron chi connectivity index (χ4n) is 1.25. The van der Waals surface area contributed by atoms with Gasteiger partial charge in [0.1, 0.15) is 6.04 Å². The summed E-state index contributed by atoms with van der Waals surface area (Å²) in [4.78, 5) is 19.3. The number of carbonyl (C=O) groups is 1. The van der Waals surface area contributed by atoms with Gasteiger partial charge < -0.3 is 10.4 Å². The molecule has 1 unspecified atom stereocenters. The molecule has 1 aromatic rings. The Bertz CT molecular complexity index is 385. The third kappa shape index (κ3) is 5.14. The molecule has 1 heterocycles. The van der Waals surface area contributed by atoms with Gasteiger partial charge >= 0.3 is 5.97 Å². The summed E-state index contributed by atoms with van der Waals surface area (Å²) >= 11 is 1.35. The minimum absolute atomic E-state index is 0.134. The highest BCUT2D eigenvalue weighted by Gasteiger charge is 2.18. The number of aliphatic carboxylic acids is 1. The van der Waals surface area contributed by atoms with E-state index in [4.69, 9.17) is 5.11 Å². The summed E-state index contributed by atoms with van der Waals surface area (Å²) in [6.45, 7) is 5.72. The van der Waals surface area contributed by atoms with E-state index in [1.807, 2.05) is 26.8 Å². The van der Waals surface area contributed by atoms with Crippen LogP contribution in [0.1, 0.15) is 19.5 Å². The summed E-state index contributed by atoms with van der Waals surface area (Å²) in [5, 5.41) is 12.6. The predicted octanol–water partition coefficient (Wildman–Crippen LogP) is 1.33. The van der Waals surface area contributed by atoms with Gasteiger partial charge in [-0.3, -0.25) is 4.79 Å². The van der Waals surface area contributed by atoms with E-state index in [-0.39, 0.29) is 6.04 Å². The van der Waals surface area contributed by atoms with E-state index in [0.717, 1.165) is 5.69 Å². The Morgan fingerprint density at radius 1 is 1.59 bits per heavy atom. The van der Waals surface area contributed by atoms with Gasteiger partial charge in [0.05, 0.1) is 0 Å². The summed E-state index contributed by atoms with van der Waals surface area (Å²) in [7, 11) is 0. The minimum atomic E-state index is -0.848. The van der Waals surface area contributed by atoms with Gasteiger partial charge in [-0.15, -0.1) is 0 Å². The Kier molecular flexibility index (Phi) is 5.37. The summed E-state index contributed by atoms with van der Waals surface area (Å²) in [6, 6.07) is 1.37. The van der Waals surface area contributed by atoms with E-state index < -0.39 is 12.0 Å². The van der Waals surface area contributed by atoms with Crippen molar-refractivity contribution < 1.29 is 9.90 Å². The second-order valence-corrected chi connectivity index (χ2v) is 4.99. The first-order valence-corrected chi connectivity index (χ1v) is 6.39. The third-order valence-electron chi connectivity index (χ3n) is 1.98. The fourth-order valence-corrected chi connectivity index (χ4v) is 2.14. The largest absolute Gasteiger partial charge is 0.480 e. The van der Waals surface area contributed by atoms with E-state index in [1.54, 1.807) is 6.20 Å². The number of carboxylic acid groups (broad SMARTS) is 1. The van der Waals surface area contributed by atoms with Crippen LogP contribution in [0.15, 0.2) is 17.4 Å². The molecule has 1 rings (SSSR count). The second kappa shape index (κ2) is 6.56. The molecule has 1 aromatic heterocycles. The Balaban J connectivity index is 2.54. The molecule has 0 bridgehead atoms. The van der Waals surface area contributed by atoms with Crippen LogP contribution < -0.4 is 5.32 Å². The molecule has 0 fully saturated rings. The molecule has 6 heteroatoms. The fraction of sp³-hybridized carbons (Fsp3) is 0.545. The predicted molar refractivity (Wildman–Crippen MR) is 67.2 cm³/mol. The maximum atomic E-state index is 11.0. The third-order valence-corrected chi connectivity index (χ3v) is 2.94. The van der Waals surface area contributed by atoms with Crippen LogP contribution in [0.4, 0.5) is 0 Å². The first-order valence-electron chi connectivity index (χ1n) is 5.40. The Morgan fingerprint density at radius 3 is 2.82 bits per heavy atom. The molecule has 0 amide bonds. The molecule has 0 aromatic carbocycles. The minimum Gasteiger partial charge on any atom is -0.480 e. The molecular formula is C11H17N3O2S. The highest BCUT2D eigenvalue weighted by atomic mass is 32.2. The normalized spacial score (nSPS) is 12.7. The smallest absolute Gasteiger partial charge is 0.321 e. The van der Waals surface area contributed by atoms with Gasteiger partial charge in [-0.25, -0.2) is 9.97 Å². The van der Waals surface area contributed by atoms with Crippen LogP contribution in [0.25, 0.3) is 0 Å². The number of rotatable bonds is 6. The van der Waals surface area contributed by atoms with Crippen LogP contribution in [0.3, 0.4) is 0 Å². The lowest BCUT2D eigenvalue weighted by Gasteiger charge is -2.16. The summed E-state index contributed by atoms with van der Waals surface area (Å²) in [5.74, 6) is -0.435. The summed E-state index contributed by atoms with van der Waals surface area (Å²) in [6.07, 6.45) is 1.68. The van der Waals surface area contributed by atoms with Crippen LogP contribution in [-0.4, -0.2) is 38.9 Å². The Hall–Kier alpha value is -1.14. The molecule has 1 atom stereocenters. The van der Waals surface area contributed by atoms with Gasteiger partial charge in [-0.2, -0.15) is 0 Å². The molecule has 0 saturated heterocycles. The average molecular weight is 255 g/mol. The van der Waals surface area contributed by atoms with Crippen LogP contribution in [0.2, 0.25) is 0 Å². The van der Waals surface area contributed by atoms with Gasteiger partial charge in [-0.1, -0.05) is 25.6 Å². The van der Waals surface area contributed by atoms with E-state index in [2.05, 4.69) is 15.3 Å². The van der Waals surface area contributed by atoms with Crippen molar-refractivity contribution in [3.05, 3.63) is 18.0 Å². The van der Waals surface area contributed by atoms with E-state index in [1.165, 1.54) is 11.8 Å². The van der Waals surface area contributed by atoms with Crippen LogP contribution in [-0.2, 0) is 4.79 Å². The zero-order chi connectivity index (χ0) is 12.8. The zero-order valence-corrected chi connectivity index (χ0v) is 11.0. The molecule has 17 heavy (non-hydrogen) atoms. The summed E-state index contributed by atoms with van der Waals surface area (Å²) < 4.78 is 0. The van der Waals surface area contributed by atoms with Gasteiger partial charge in [0.15, 0.2) is 5.16 Å². The lowest BCUT2D eigenvalue weighted by atomic mass is 10.3. The number of nitrogens with zero attached hydrogens (tertiary/aromatic N) is 2. The van der Waals surface area contributed by atoms with Crippen molar-refractivity contribution >= 4 is 17.7 Å². The van der Waals surface area contributed by atoms with Gasteiger partial charge in [0.25, 0.3) is 0 Å². The standard InChI is InChI=1S/C11H17N3O2S/c1-7(2)13-9(10(15)16)6-17-11-12-5-4-8(3)14-11/h4-5,7,9,13H,6H2,1-3H3,(H,15,16). The number of nitrogens with one attached hydrogen (secondary N) is 1. The molecule has 5 nitrogen and oxygen atoms in total. The summed E-state index contributed by atoms with van der Waals surface area (Å²) in [5.41, 5.74) is 0.881. The van der Waals surface area contributed by atoms with Crippen molar-refractivity contribution in [2.45, 2.75) is 38.0 Å². The Labute approximate surface area is 105 Å². The van der Waals surface area contributed by atoms with Crippen LogP contribution in [0.5, 0.6) is 0 Å². The molecule has 0 aliphatic carbocycles. The first-order chi connectivity index (χ1) is 7.99. The zero-order valence-electron chi connectivity index (χ0n) is 10.2. The maximum absolute atomic E-state index is 11.0. The average Bonchev–Trinajstić information content (AvgIpc) is 2.23. The maximum Gasteiger partial charge on any atom is 0.321 e. The van der Waals surface area contributed by atoms with Crippen molar-refractivity contribution in [1.82, 2.24) is 15.3 Å². The highest BCUT2D eigenvalue weighted by molar-refractivity contribution is 7.99. The van der Waals surface area contributed by atoms with Crippen molar-refractivity contribution in [2.24, 2.45) is 0 Å². The van der Waals surface area contributed by atoms with E-state index in [0.29, 0.717) is 10.9 Å². The number of hydrogen-bond acceptors (Lipinski definition) is 5. The number of carboxylic acids is 1. The van der Waals surface area contributed by atoms with Gasteiger partial charge in [-0.05, 0) is 13.0 Å². The monoisotopic (exact) mass is 255 g/mol.